The molecule has 0 amide bonds. The predicted molar refractivity (Wildman–Crippen MR) is 74.3 cm³/mol. The van der Waals surface area contributed by atoms with Gasteiger partial charge in [0.2, 0.25) is 5.69 Å². The minimum atomic E-state index is -0.672. The topological polar surface area (TPSA) is 91.8 Å². The molecule has 0 atom stereocenters. The largest absolute Gasteiger partial charge is 0.366 e. The summed E-state index contributed by atoms with van der Waals surface area (Å²) in [6.45, 7) is 0.287. The van der Waals surface area contributed by atoms with Crippen LogP contribution in [0.4, 0.5) is 15.9 Å². The number of pyridine rings is 1. The fourth-order valence-electron chi connectivity index (χ4n) is 1.62. The van der Waals surface area contributed by atoms with E-state index in [-0.39, 0.29) is 22.9 Å². The molecule has 106 valence electrons. The van der Waals surface area contributed by atoms with Crippen LogP contribution in [0, 0.1) is 27.3 Å². The summed E-state index contributed by atoms with van der Waals surface area (Å²) in [7, 11) is 0. The number of anilines is 1. The van der Waals surface area contributed by atoms with Crippen molar-refractivity contribution in [2.24, 2.45) is 0 Å². The second-order valence-electron chi connectivity index (χ2n) is 4.04. The first kappa shape index (κ1) is 14.7. The number of rotatable bonds is 4. The molecule has 0 aliphatic rings. The van der Waals surface area contributed by atoms with Crippen molar-refractivity contribution in [3.05, 3.63) is 62.5 Å². The van der Waals surface area contributed by atoms with Crippen LogP contribution in [0.5, 0.6) is 0 Å². The van der Waals surface area contributed by atoms with Gasteiger partial charge in [-0.3, -0.25) is 10.1 Å². The molecule has 0 saturated carbocycles. The second kappa shape index (κ2) is 6.15. The Morgan fingerprint density at radius 1 is 1.43 bits per heavy atom. The van der Waals surface area contributed by atoms with E-state index in [4.69, 9.17) is 16.9 Å². The number of benzene rings is 1. The van der Waals surface area contributed by atoms with Gasteiger partial charge in [-0.1, -0.05) is 17.7 Å². The molecule has 0 aliphatic carbocycles. The van der Waals surface area contributed by atoms with Crippen molar-refractivity contribution in [2.75, 3.05) is 5.32 Å². The van der Waals surface area contributed by atoms with Crippen LogP contribution in [0.2, 0.25) is 5.02 Å². The number of hydrogen-bond acceptors (Lipinski definition) is 5. The molecule has 0 spiro atoms. The minimum absolute atomic E-state index is 0.00340. The van der Waals surface area contributed by atoms with Gasteiger partial charge in [-0.2, -0.15) is 5.26 Å². The lowest BCUT2D eigenvalue weighted by Crippen LogP contribution is -2.04. The number of aromatic nitrogens is 1. The molecule has 1 aromatic heterocycles. The number of halogens is 2. The van der Waals surface area contributed by atoms with Gasteiger partial charge in [0.25, 0.3) is 0 Å². The van der Waals surface area contributed by atoms with E-state index in [1.165, 1.54) is 24.3 Å². The predicted octanol–water partition coefficient (Wildman–Crippen LogP) is 3.27. The van der Waals surface area contributed by atoms with Gasteiger partial charge >= 0.3 is 5.69 Å². The normalized spacial score (nSPS) is 9.95. The van der Waals surface area contributed by atoms with Crippen molar-refractivity contribution in [1.82, 2.24) is 4.98 Å². The van der Waals surface area contributed by atoms with E-state index in [1.807, 2.05) is 0 Å². The molecule has 0 fully saturated rings. The molecule has 1 aromatic carbocycles. The summed E-state index contributed by atoms with van der Waals surface area (Å²) in [6.07, 6.45) is 0. The molecule has 0 saturated heterocycles. The maximum atomic E-state index is 13.0. The highest BCUT2D eigenvalue weighted by molar-refractivity contribution is 6.30. The van der Waals surface area contributed by atoms with Crippen molar-refractivity contribution >= 4 is 23.1 Å². The summed E-state index contributed by atoms with van der Waals surface area (Å²) < 4.78 is 13.0. The second-order valence-corrected chi connectivity index (χ2v) is 4.44. The van der Waals surface area contributed by atoms with E-state index in [2.05, 4.69) is 10.3 Å². The van der Waals surface area contributed by atoms with Crippen LogP contribution in [0.25, 0.3) is 0 Å². The van der Waals surface area contributed by atoms with Crippen LogP contribution in [-0.4, -0.2) is 9.91 Å². The summed E-state index contributed by atoms with van der Waals surface area (Å²) in [5.74, 6) is -0.210. The number of hydrogen-bond donors (Lipinski definition) is 1. The summed E-state index contributed by atoms with van der Waals surface area (Å²) in [6, 6.07) is 8.51. The molecule has 2 rings (SSSR count). The Kier molecular flexibility index (Phi) is 4.30. The Bertz CT molecular complexity index is 745. The molecule has 1 heterocycles. The molecule has 0 unspecified atom stereocenters. The van der Waals surface area contributed by atoms with Crippen molar-refractivity contribution in [1.29, 1.82) is 5.26 Å². The molecule has 1 N–H and O–H groups in total. The molecule has 21 heavy (non-hydrogen) atoms. The van der Waals surface area contributed by atoms with Gasteiger partial charge in [-0.15, -0.1) is 0 Å². The number of nitro groups is 1. The smallest absolute Gasteiger partial charge is 0.305 e. The third-order valence-corrected chi connectivity index (χ3v) is 2.92. The quantitative estimate of drug-likeness (QED) is 0.691. The zero-order valence-electron chi connectivity index (χ0n) is 10.5. The lowest BCUT2D eigenvalue weighted by Gasteiger charge is -2.06. The number of nitriles is 1. The van der Waals surface area contributed by atoms with Crippen LogP contribution in [-0.2, 0) is 6.54 Å². The first-order valence-corrected chi connectivity index (χ1v) is 6.12. The van der Waals surface area contributed by atoms with E-state index >= 15 is 0 Å². The van der Waals surface area contributed by atoms with Gasteiger partial charge in [0.1, 0.15) is 17.7 Å². The lowest BCUT2D eigenvalue weighted by molar-refractivity contribution is -0.385. The first-order valence-electron chi connectivity index (χ1n) is 5.74. The molecular formula is C13H8ClFN4O2. The minimum Gasteiger partial charge on any atom is -0.366 e. The fourth-order valence-corrected chi connectivity index (χ4v) is 1.83. The van der Waals surface area contributed by atoms with Crippen LogP contribution in [0.1, 0.15) is 11.3 Å². The van der Waals surface area contributed by atoms with Gasteiger partial charge in [-0.05, 0) is 23.8 Å². The van der Waals surface area contributed by atoms with E-state index < -0.39 is 10.7 Å². The summed E-state index contributed by atoms with van der Waals surface area (Å²) in [5, 5.41) is 22.4. The number of nitrogens with zero attached hydrogens (tertiary/aromatic N) is 3. The molecule has 8 heteroatoms. The van der Waals surface area contributed by atoms with E-state index in [9.17, 15) is 14.5 Å². The Labute approximate surface area is 124 Å². The summed E-state index contributed by atoms with van der Waals surface area (Å²) in [5.41, 5.74) is 0.0788. The van der Waals surface area contributed by atoms with Gasteiger partial charge < -0.3 is 5.32 Å². The van der Waals surface area contributed by atoms with Crippen molar-refractivity contribution in [2.45, 2.75) is 6.54 Å². The maximum Gasteiger partial charge on any atom is 0.305 e. The Morgan fingerprint density at radius 3 is 2.81 bits per heavy atom. The van der Waals surface area contributed by atoms with E-state index in [1.54, 1.807) is 12.1 Å². The average molecular weight is 307 g/mol. The zero-order valence-corrected chi connectivity index (χ0v) is 11.3. The Hall–Kier alpha value is -2.72. The van der Waals surface area contributed by atoms with Gasteiger partial charge in [0.05, 0.1) is 9.95 Å². The highest BCUT2D eigenvalue weighted by Crippen LogP contribution is 2.20. The SMILES string of the molecule is N#Cc1nc(NCc2ccc(F)c(Cl)c2)ccc1[N+](=O)[O-]. The summed E-state index contributed by atoms with van der Waals surface area (Å²) in [4.78, 5) is 13.9. The monoisotopic (exact) mass is 306 g/mol. The van der Waals surface area contributed by atoms with Gasteiger partial charge in [0, 0.05) is 12.6 Å². The fraction of sp³-hybridized carbons (Fsp3) is 0.0769. The molecule has 0 radical (unpaired) electrons. The van der Waals surface area contributed by atoms with Crippen molar-refractivity contribution in [3.8, 4) is 6.07 Å². The Morgan fingerprint density at radius 2 is 2.19 bits per heavy atom. The zero-order chi connectivity index (χ0) is 15.4. The molecule has 2 aromatic rings. The van der Waals surface area contributed by atoms with Gasteiger partial charge in [-0.25, -0.2) is 9.37 Å². The third kappa shape index (κ3) is 3.43. The molecular weight excluding hydrogens is 299 g/mol. The third-order valence-electron chi connectivity index (χ3n) is 2.63. The highest BCUT2D eigenvalue weighted by Gasteiger charge is 2.15. The van der Waals surface area contributed by atoms with Crippen molar-refractivity contribution in [3.63, 3.8) is 0 Å². The van der Waals surface area contributed by atoms with Crippen LogP contribution in [0.15, 0.2) is 30.3 Å². The van der Waals surface area contributed by atoms with Crippen LogP contribution < -0.4 is 5.32 Å². The standard InChI is InChI=1S/C13H8ClFN4O2/c14-9-5-8(1-2-10(9)15)7-17-13-4-3-12(19(20)21)11(6-16)18-13/h1-5H,7H2,(H,17,18). The van der Waals surface area contributed by atoms with Crippen LogP contribution >= 0.6 is 11.6 Å². The van der Waals surface area contributed by atoms with Crippen LogP contribution in [0.3, 0.4) is 0 Å². The average Bonchev–Trinajstić information content (AvgIpc) is 2.48. The summed E-state index contributed by atoms with van der Waals surface area (Å²) >= 11 is 5.66. The molecule has 6 nitrogen and oxygen atoms in total. The van der Waals surface area contributed by atoms with E-state index in [0.717, 1.165) is 0 Å². The maximum absolute atomic E-state index is 13.0. The molecule has 0 bridgehead atoms. The Balaban J connectivity index is 2.15. The van der Waals surface area contributed by atoms with Crippen molar-refractivity contribution < 1.29 is 9.31 Å². The lowest BCUT2D eigenvalue weighted by atomic mass is 10.2. The first-order chi connectivity index (χ1) is 10.0. The highest BCUT2D eigenvalue weighted by atomic mass is 35.5. The molecule has 0 aliphatic heterocycles. The van der Waals surface area contributed by atoms with E-state index in [0.29, 0.717) is 11.4 Å². The number of nitrogens with one attached hydrogen (secondary N) is 1. The van der Waals surface area contributed by atoms with Gasteiger partial charge in [0.15, 0.2) is 0 Å².